The van der Waals surface area contributed by atoms with Gasteiger partial charge in [-0.2, -0.15) is 0 Å². The quantitative estimate of drug-likeness (QED) is 0.525. The third-order valence-electron chi connectivity index (χ3n) is 4.76. The zero-order valence-electron chi connectivity index (χ0n) is 12.7. The SMILES string of the molecule is CCCC[C]1([Hf]([CH3])[CH3])C=Cc2cc3ccccc3cc21. The Morgan fingerprint density at radius 2 is 1.75 bits per heavy atom. The summed E-state index contributed by atoms with van der Waals surface area (Å²) in [6, 6.07) is 13.7. The minimum atomic E-state index is -1.56. The Balaban J connectivity index is 2.15. The van der Waals surface area contributed by atoms with Crippen molar-refractivity contribution in [3.8, 4) is 0 Å². The fraction of sp³-hybridized carbons (Fsp3) is 0.368. The Bertz CT molecular complexity index is 654. The summed E-state index contributed by atoms with van der Waals surface area (Å²) in [5, 5.41) is 2.78. The van der Waals surface area contributed by atoms with Crippen LogP contribution in [0.25, 0.3) is 16.8 Å². The fourth-order valence-corrected chi connectivity index (χ4v) is 10.1. The summed E-state index contributed by atoms with van der Waals surface area (Å²) in [6.45, 7) is 2.31. The molecule has 0 saturated heterocycles. The molecule has 0 spiro atoms. The van der Waals surface area contributed by atoms with Gasteiger partial charge in [0.2, 0.25) is 0 Å². The van der Waals surface area contributed by atoms with Crippen molar-refractivity contribution >= 4 is 16.8 Å². The second-order valence-corrected chi connectivity index (χ2v) is 16.6. The van der Waals surface area contributed by atoms with Crippen molar-refractivity contribution in [3.63, 3.8) is 0 Å². The van der Waals surface area contributed by atoms with Crippen molar-refractivity contribution in [1.29, 1.82) is 0 Å². The molecule has 0 bridgehead atoms. The molecule has 1 atom stereocenters. The van der Waals surface area contributed by atoms with Gasteiger partial charge < -0.3 is 0 Å². The van der Waals surface area contributed by atoms with E-state index < -0.39 is 21.4 Å². The van der Waals surface area contributed by atoms with E-state index in [9.17, 15) is 0 Å². The molecule has 2 aromatic carbocycles. The molecule has 0 nitrogen and oxygen atoms in total. The first-order chi connectivity index (χ1) is 9.67. The zero-order valence-corrected chi connectivity index (χ0v) is 16.3. The van der Waals surface area contributed by atoms with E-state index in [1.807, 2.05) is 0 Å². The molecule has 3 rings (SSSR count). The van der Waals surface area contributed by atoms with Crippen LogP contribution in [-0.2, 0) is 24.6 Å². The van der Waals surface area contributed by atoms with E-state index in [1.165, 1.54) is 35.6 Å². The average Bonchev–Trinajstić information content (AvgIpc) is 2.82. The molecule has 1 aliphatic rings. The summed E-state index contributed by atoms with van der Waals surface area (Å²) in [5.41, 5.74) is 3.11. The Morgan fingerprint density at radius 3 is 2.40 bits per heavy atom. The van der Waals surface area contributed by atoms with Gasteiger partial charge in [-0.15, -0.1) is 0 Å². The van der Waals surface area contributed by atoms with E-state index in [4.69, 9.17) is 0 Å². The molecule has 1 aliphatic carbocycles. The molecule has 0 heterocycles. The second-order valence-electron chi connectivity index (χ2n) is 6.19. The number of rotatable bonds is 4. The first-order valence-electron chi connectivity index (χ1n) is 7.70. The summed E-state index contributed by atoms with van der Waals surface area (Å²) >= 11 is -1.56. The molecule has 0 aromatic heterocycles. The molecule has 1 heteroatoms. The third kappa shape index (κ3) is 2.24. The normalized spacial score (nSPS) is 20.4. The molecular formula is C19H23Hf. The molecule has 0 N–H and O–H groups in total. The summed E-state index contributed by atoms with van der Waals surface area (Å²) in [7, 11) is 0. The average molecular weight is 430 g/mol. The van der Waals surface area contributed by atoms with Crippen LogP contribution in [0, 0.1) is 0 Å². The van der Waals surface area contributed by atoms with E-state index in [0.717, 1.165) is 0 Å². The van der Waals surface area contributed by atoms with Gasteiger partial charge >= 0.3 is 131 Å². The molecule has 1 unspecified atom stereocenters. The molecule has 0 amide bonds. The molecule has 0 radical (unpaired) electrons. The molecule has 0 saturated carbocycles. The molecule has 0 fully saturated rings. The van der Waals surface area contributed by atoms with Gasteiger partial charge in [-0.1, -0.05) is 0 Å². The first-order valence-corrected chi connectivity index (χ1v) is 16.7. The molecule has 0 aliphatic heterocycles. The Kier molecular flexibility index (Phi) is 3.99. The van der Waals surface area contributed by atoms with Crippen molar-refractivity contribution in [1.82, 2.24) is 0 Å². The number of benzene rings is 2. The summed E-state index contributed by atoms with van der Waals surface area (Å²) < 4.78 is 5.62. The van der Waals surface area contributed by atoms with Gasteiger partial charge in [-0.3, -0.25) is 0 Å². The van der Waals surface area contributed by atoms with E-state index in [1.54, 1.807) is 5.56 Å². The third-order valence-corrected chi connectivity index (χ3v) is 13.6. The number of unbranched alkanes of at least 4 members (excludes halogenated alkanes) is 1. The van der Waals surface area contributed by atoms with Crippen molar-refractivity contribution in [3.05, 3.63) is 53.6 Å². The van der Waals surface area contributed by atoms with Crippen molar-refractivity contribution < 1.29 is 21.4 Å². The monoisotopic (exact) mass is 431 g/mol. The number of hydrogen-bond acceptors (Lipinski definition) is 0. The van der Waals surface area contributed by atoms with E-state index in [0.29, 0.717) is 3.17 Å². The van der Waals surface area contributed by atoms with E-state index >= 15 is 0 Å². The zero-order chi connectivity index (χ0) is 14.2. The van der Waals surface area contributed by atoms with Crippen LogP contribution in [0.5, 0.6) is 0 Å². The van der Waals surface area contributed by atoms with Gasteiger partial charge in [0.05, 0.1) is 0 Å². The van der Waals surface area contributed by atoms with Gasteiger partial charge in [0.25, 0.3) is 0 Å². The van der Waals surface area contributed by atoms with Crippen LogP contribution >= 0.6 is 0 Å². The number of allylic oxidation sites excluding steroid dienone is 1. The molecule has 103 valence electrons. The fourth-order valence-electron chi connectivity index (χ4n) is 3.46. The maximum absolute atomic E-state index is 2.58. The van der Waals surface area contributed by atoms with Gasteiger partial charge in [0, 0.05) is 0 Å². The number of fused-ring (bicyclic) bond motifs is 2. The van der Waals surface area contributed by atoms with E-state index in [-0.39, 0.29) is 0 Å². The van der Waals surface area contributed by atoms with Crippen LogP contribution in [-0.4, -0.2) is 0 Å². The minimum absolute atomic E-state index is 0.458. The van der Waals surface area contributed by atoms with Crippen molar-refractivity contribution in [2.24, 2.45) is 0 Å². The molecule has 20 heavy (non-hydrogen) atoms. The number of hydrogen-bond donors (Lipinski definition) is 0. The Morgan fingerprint density at radius 1 is 1.05 bits per heavy atom. The van der Waals surface area contributed by atoms with Crippen LogP contribution in [0.15, 0.2) is 42.5 Å². The molecular weight excluding hydrogens is 407 g/mol. The van der Waals surface area contributed by atoms with Crippen molar-refractivity contribution in [2.75, 3.05) is 0 Å². The van der Waals surface area contributed by atoms with Crippen LogP contribution in [0.4, 0.5) is 0 Å². The summed E-state index contributed by atoms with van der Waals surface area (Å²) in [5.74, 6) is 0. The van der Waals surface area contributed by atoms with Crippen molar-refractivity contribution in [2.45, 2.75) is 38.7 Å². The maximum atomic E-state index is 2.58. The summed E-state index contributed by atoms with van der Waals surface area (Å²) in [4.78, 5) is 0. The van der Waals surface area contributed by atoms with Gasteiger partial charge in [0.15, 0.2) is 0 Å². The van der Waals surface area contributed by atoms with Crippen LogP contribution < -0.4 is 0 Å². The first kappa shape index (κ1) is 14.3. The predicted molar refractivity (Wildman–Crippen MR) is 85.9 cm³/mol. The van der Waals surface area contributed by atoms with Gasteiger partial charge in [-0.25, -0.2) is 0 Å². The topological polar surface area (TPSA) is 0 Å². The second kappa shape index (κ2) is 5.60. The van der Waals surface area contributed by atoms with Gasteiger partial charge in [0.1, 0.15) is 0 Å². The van der Waals surface area contributed by atoms with Crippen LogP contribution in [0.3, 0.4) is 0 Å². The van der Waals surface area contributed by atoms with Crippen LogP contribution in [0.2, 0.25) is 9.36 Å². The van der Waals surface area contributed by atoms with E-state index in [2.05, 4.69) is 64.8 Å². The Hall–Kier alpha value is -0.690. The molecule has 2 aromatic rings. The summed E-state index contributed by atoms with van der Waals surface area (Å²) in [6.07, 6.45) is 8.98. The van der Waals surface area contributed by atoms with Crippen LogP contribution in [0.1, 0.15) is 37.3 Å². The predicted octanol–water partition coefficient (Wildman–Crippen LogP) is 5.97. The van der Waals surface area contributed by atoms with Gasteiger partial charge in [-0.05, 0) is 0 Å². The standard InChI is InChI=1S/C17H17.2CH3.Hf/c1-2-3-6-13-9-10-16-11-14-7-4-5-8-15(14)12-17(13)16;;;/h4-5,7-12H,2-3,6H2,1H3;2*1H3;. The Labute approximate surface area is 130 Å².